The van der Waals surface area contributed by atoms with Gasteiger partial charge < -0.3 is 4.74 Å². The topological polar surface area (TPSA) is 9.23 Å². The standard InChI is InChI=1S/C27H11F9O/c1-37-27-25(35)23(33)22(24(34)26(27)36)21-18-11(3-2-4-13(18)29)17(10-5-6-12(28)16(32)9-10)19-14(30)7-8-15(31)20(19)21/h2-9H,1H3. The molecule has 0 bridgehead atoms. The molecule has 188 valence electrons. The highest BCUT2D eigenvalue weighted by Crippen LogP contribution is 2.48. The van der Waals surface area contributed by atoms with Gasteiger partial charge in [-0.25, -0.2) is 30.7 Å². The highest BCUT2D eigenvalue weighted by molar-refractivity contribution is 6.22. The Morgan fingerprint density at radius 2 is 1.03 bits per heavy atom. The van der Waals surface area contributed by atoms with Crippen LogP contribution < -0.4 is 4.74 Å². The minimum atomic E-state index is -2.05. The van der Waals surface area contributed by atoms with Crippen LogP contribution in [-0.2, 0) is 0 Å². The molecule has 37 heavy (non-hydrogen) atoms. The first-order chi connectivity index (χ1) is 17.6. The Morgan fingerprint density at radius 1 is 0.486 bits per heavy atom. The van der Waals surface area contributed by atoms with Crippen LogP contribution >= 0.6 is 0 Å². The Balaban J connectivity index is 2.13. The first-order valence-electron chi connectivity index (χ1n) is 10.5. The summed E-state index contributed by atoms with van der Waals surface area (Å²) >= 11 is 0. The van der Waals surface area contributed by atoms with Gasteiger partial charge >= 0.3 is 0 Å². The van der Waals surface area contributed by atoms with Crippen molar-refractivity contribution in [1.29, 1.82) is 0 Å². The second-order valence-corrected chi connectivity index (χ2v) is 7.98. The van der Waals surface area contributed by atoms with Gasteiger partial charge in [-0.1, -0.05) is 18.2 Å². The van der Waals surface area contributed by atoms with Crippen LogP contribution in [0.4, 0.5) is 39.5 Å². The molecule has 0 heterocycles. The zero-order valence-corrected chi connectivity index (χ0v) is 18.4. The molecule has 0 aliphatic rings. The van der Waals surface area contributed by atoms with Gasteiger partial charge in [0.25, 0.3) is 0 Å². The van der Waals surface area contributed by atoms with E-state index in [1.54, 1.807) is 0 Å². The van der Waals surface area contributed by atoms with E-state index in [-0.39, 0.29) is 16.5 Å². The zero-order valence-electron chi connectivity index (χ0n) is 18.4. The van der Waals surface area contributed by atoms with Crippen LogP contribution in [0.1, 0.15) is 0 Å². The highest BCUT2D eigenvalue weighted by Gasteiger charge is 2.32. The summed E-state index contributed by atoms with van der Waals surface area (Å²) in [6, 6.07) is 6.65. The fourth-order valence-electron chi connectivity index (χ4n) is 4.50. The number of rotatable bonds is 3. The van der Waals surface area contributed by atoms with Crippen molar-refractivity contribution in [2.24, 2.45) is 0 Å². The molecule has 5 aromatic carbocycles. The van der Waals surface area contributed by atoms with Crippen molar-refractivity contribution in [2.45, 2.75) is 0 Å². The molecular weight excluding hydrogens is 511 g/mol. The molecule has 0 saturated carbocycles. The average Bonchev–Trinajstić information content (AvgIpc) is 2.87. The number of halogens is 9. The number of benzene rings is 5. The van der Waals surface area contributed by atoms with E-state index in [0.717, 1.165) is 31.4 Å². The second kappa shape index (κ2) is 8.72. The van der Waals surface area contributed by atoms with Crippen molar-refractivity contribution in [3.8, 4) is 28.0 Å². The molecule has 0 spiro atoms. The van der Waals surface area contributed by atoms with Crippen molar-refractivity contribution < 1.29 is 44.3 Å². The molecule has 0 aliphatic heterocycles. The normalized spacial score (nSPS) is 11.5. The molecule has 0 unspecified atom stereocenters. The number of hydrogen-bond acceptors (Lipinski definition) is 1. The fraction of sp³-hybridized carbons (Fsp3) is 0.0370. The van der Waals surface area contributed by atoms with E-state index in [4.69, 9.17) is 0 Å². The van der Waals surface area contributed by atoms with Gasteiger partial charge in [0, 0.05) is 27.3 Å². The van der Waals surface area contributed by atoms with E-state index in [2.05, 4.69) is 4.74 Å². The van der Waals surface area contributed by atoms with Gasteiger partial charge in [0.2, 0.25) is 11.6 Å². The van der Waals surface area contributed by atoms with Crippen molar-refractivity contribution in [2.75, 3.05) is 7.11 Å². The van der Waals surface area contributed by atoms with Crippen molar-refractivity contribution in [1.82, 2.24) is 0 Å². The van der Waals surface area contributed by atoms with Crippen LogP contribution in [0.2, 0.25) is 0 Å². The first kappa shape index (κ1) is 24.5. The molecule has 10 heteroatoms. The Bertz CT molecular complexity index is 1730. The number of methoxy groups -OCH3 is 1. The Hall–Kier alpha value is -4.21. The van der Waals surface area contributed by atoms with Crippen LogP contribution in [0.25, 0.3) is 43.8 Å². The number of fused-ring (bicyclic) bond motifs is 2. The van der Waals surface area contributed by atoms with Crippen molar-refractivity contribution in [3.63, 3.8) is 0 Å². The smallest absolute Gasteiger partial charge is 0.204 e. The maximum Gasteiger partial charge on any atom is 0.204 e. The van der Waals surface area contributed by atoms with Crippen LogP contribution in [0, 0.1) is 52.4 Å². The van der Waals surface area contributed by atoms with E-state index in [1.807, 2.05) is 0 Å². The van der Waals surface area contributed by atoms with E-state index >= 15 is 22.0 Å². The van der Waals surface area contributed by atoms with E-state index in [0.29, 0.717) is 24.3 Å². The van der Waals surface area contributed by atoms with Gasteiger partial charge in [-0.3, -0.25) is 0 Å². The zero-order chi connectivity index (χ0) is 26.8. The fourth-order valence-corrected chi connectivity index (χ4v) is 4.50. The van der Waals surface area contributed by atoms with E-state index < -0.39 is 85.4 Å². The summed E-state index contributed by atoms with van der Waals surface area (Å²) < 4.78 is 138. The number of hydrogen-bond donors (Lipinski definition) is 0. The lowest BCUT2D eigenvalue weighted by molar-refractivity contribution is 0.334. The summed E-state index contributed by atoms with van der Waals surface area (Å²) in [5.41, 5.74) is -3.12. The quantitative estimate of drug-likeness (QED) is 0.131. The Kier molecular flexibility index (Phi) is 5.77. The molecular formula is C27H11F9O. The summed E-state index contributed by atoms with van der Waals surface area (Å²) in [5, 5.41) is -2.73. The Morgan fingerprint density at radius 3 is 1.59 bits per heavy atom. The molecule has 5 rings (SSSR count). The van der Waals surface area contributed by atoms with Gasteiger partial charge in [-0.2, -0.15) is 8.78 Å². The predicted molar refractivity (Wildman–Crippen MR) is 119 cm³/mol. The summed E-state index contributed by atoms with van der Waals surface area (Å²) in [4.78, 5) is 0. The predicted octanol–water partition coefficient (Wildman–Crippen LogP) is 8.59. The van der Waals surface area contributed by atoms with Gasteiger partial charge in [0.05, 0.1) is 12.7 Å². The molecule has 0 fully saturated rings. The lowest BCUT2D eigenvalue weighted by Gasteiger charge is -2.20. The third-order valence-electron chi connectivity index (χ3n) is 6.02. The minimum absolute atomic E-state index is 0.233. The number of ether oxygens (including phenoxy) is 1. The Labute approximate surface area is 202 Å². The monoisotopic (exact) mass is 522 g/mol. The molecule has 1 nitrogen and oxygen atoms in total. The third-order valence-corrected chi connectivity index (χ3v) is 6.02. The maximum atomic E-state index is 15.3. The molecule has 0 N–H and O–H groups in total. The molecule has 0 atom stereocenters. The molecule has 0 saturated heterocycles. The largest absolute Gasteiger partial charge is 0.491 e. The van der Waals surface area contributed by atoms with Gasteiger partial charge in [-0.15, -0.1) is 0 Å². The van der Waals surface area contributed by atoms with Gasteiger partial charge in [0.15, 0.2) is 29.0 Å². The summed E-state index contributed by atoms with van der Waals surface area (Å²) in [6.07, 6.45) is 0. The van der Waals surface area contributed by atoms with Crippen molar-refractivity contribution in [3.05, 3.63) is 101 Å². The second-order valence-electron chi connectivity index (χ2n) is 7.98. The highest BCUT2D eigenvalue weighted by atomic mass is 19.2. The van der Waals surface area contributed by atoms with Crippen LogP contribution in [-0.4, -0.2) is 7.11 Å². The molecule has 0 radical (unpaired) electrons. The third kappa shape index (κ3) is 3.50. The molecule has 0 amide bonds. The average molecular weight is 522 g/mol. The lowest BCUT2D eigenvalue weighted by Crippen LogP contribution is -2.06. The van der Waals surface area contributed by atoms with E-state index in [1.165, 1.54) is 0 Å². The minimum Gasteiger partial charge on any atom is -0.491 e. The summed E-state index contributed by atoms with van der Waals surface area (Å²) in [7, 11) is 0.746. The molecule has 0 aliphatic carbocycles. The van der Waals surface area contributed by atoms with Crippen LogP contribution in [0.5, 0.6) is 5.75 Å². The van der Waals surface area contributed by atoms with Crippen LogP contribution in [0.15, 0.2) is 48.5 Å². The summed E-state index contributed by atoms with van der Waals surface area (Å²) in [5.74, 6) is -15.9. The van der Waals surface area contributed by atoms with Crippen molar-refractivity contribution >= 4 is 21.5 Å². The lowest BCUT2D eigenvalue weighted by atomic mass is 9.84. The van der Waals surface area contributed by atoms with Gasteiger partial charge in [-0.05, 0) is 41.3 Å². The first-order valence-corrected chi connectivity index (χ1v) is 10.5. The SMILES string of the molecule is COc1c(F)c(F)c(-c2c3c(F)cccc3c(-c3ccc(F)c(F)c3)c3c(F)ccc(F)c23)c(F)c1F. The van der Waals surface area contributed by atoms with Gasteiger partial charge in [0.1, 0.15) is 17.5 Å². The molecule has 0 aromatic heterocycles. The summed E-state index contributed by atoms with van der Waals surface area (Å²) in [6.45, 7) is 0. The maximum absolute atomic E-state index is 15.3. The van der Waals surface area contributed by atoms with Crippen LogP contribution in [0.3, 0.4) is 0 Å². The molecule has 5 aromatic rings. The van der Waals surface area contributed by atoms with E-state index in [9.17, 15) is 17.6 Å².